The van der Waals surface area contributed by atoms with Crippen LogP contribution in [0.5, 0.6) is 5.75 Å². The quantitative estimate of drug-likeness (QED) is 0.900. The molecule has 1 N–H and O–H groups in total. The van der Waals surface area contributed by atoms with E-state index in [1.54, 1.807) is 13.2 Å². The predicted octanol–water partition coefficient (Wildman–Crippen LogP) is 2.91. The maximum absolute atomic E-state index is 12.3. The van der Waals surface area contributed by atoms with Gasteiger partial charge < -0.3 is 10.1 Å². The van der Waals surface area contributed by atoms with Crippen LogP contribution in [0.15, 0.2) is 28.9 Å². The largest absolute Gasteiger partial charge is 0.496 e. The van der Waals surface area contributed by atoms with Crippen molar-refractivity contribution in [2.24, 2.45) is 0 Å². The van der Waals surface area contributed by atoms with Crippen LogP contribution < -0.4 is 10.1 Å². The van der Waals surface area contributed by atoms with Gasteiger partial charge in [-0.25, -0.2) is 0 Å². The summed E-state index contributed by atoms with van der Waals surface area (Å²) in [5, 5.41) is 7.27. The van der Waals surface area contributed by atoms with Crippen molar-refractivity contribution in [1.82, 2.24) is 15.1 Å². The van der Waals surface area contributed by atoms with Gasteiger partial charge in [-0.05, 0) is 41.9 Å². The number of rotatable bonds is 5. The average molecular weight is 352 g/mol. The van der Waals surface area contributed by atoms with Crippen LogP contribution >= 0.6 is 15.9 Å². The second-order valence-electron chi connectivity index (χ2n) is 4.59. The first-order chi connectivity index (χ1) is 10.1. The van der Waals surface area contributed by atoms with E-state index in [9.17, 15) is 4.79 Å². The Morgan fingerprint density at radius 1 is 1.48 bits per heavy atom. The fraction of sp³-hybridized carbons (Fsp3) is 0.333. The molecule has 21 heavy (non-hydrogen) atoms. The summed E-state index contributed by atoms with van der Waals surface area (Å²) < 4.78 is 7.95. The number of halogens is 1. The molecule has 0 unspecified atom stereocenters. The van der Waals surface area contributed by atoms with Crippen molar-refractivity contribution in [3.05, 3.63) is 45.7 Å². The van der Waals surface area contributed by atoms with Crippen molar-refractivity contribution in [2.45, 2.75) is 26.9 Å². The van der Waals surface area contributed by atoms with Gasteiger partial charge in [0, 0.05) is 23.9 Å². The van der Waals surface area contributed by atoms with E-state index in [0.717, 1.165) is 22.3 Å². The summed E-state index contributed by atoms with van der Waals surface area (Å²) in [5.74, 6) is 0.573. The predicted molar refractivity (Wildman–Crippen MR) is 84.5 cm³/mol. The third kappa shape index (κ3) is 3.44. The molecule has 112 valence electrons. The van der Waals surface area contributed by atoms with Crippen LogP contribution in [0, 0.1) is 6.92 Å². The van der Waals surface area contributed by atoms with Gasteiger partial charge in [0.25, 0.3) is 5.91 Å². The lowest BCUT2D eigenvalue weighted by molar-refractivity contribution is 0.0949. The van der Waals surface area contributed by atoms with E-state index in [4.69, 9.17) is 4.74 Å². The van der Waals surface area contributed by atoms with Crippen molar-refractivity contribution in [3.8, 4) is 5.75 Å². The van der Waals surface area contributed by atoms with E-state index in [1.165, 1.54) is 0 Å². The minimum Gasteiger partial charge on any atom is -0.496 e. The lowest BCUT2D eigenvalue weighted by atomic mass is 10.1. The molecule has 0 saturated heterocycles. The van der Waals surface area contributed by atoms with Gasteiger partial charge in [0.1, 0.15) is 5.75 Å². The Morgan fingerprint density at radius 2 is 2.24 bits per heavy atom. The Labute approximate surface area is 132 Å². The van der Waals surface area contributed by atoms with Crippen LogP contribution in [-0.2, 0) is 13.1 Å². The van der Waals surface area contributed by atoms with Gasteiger partial charge >= 0.3 is 0 Å². The number of nitrogens with zero attached hydrogens (tertiary/aromatic N) is 2. The summed E-state index contributed by atoms with van der Waals surface area (Å²) in [5.41, 5.74) is 2.25. The number of hydrogen-bond acceptors (Lipinski definition) is 3. The molecular weight excluding hydrogens is 334 g/mol. The molecule has 1 aromatic carbocycles. The van der Waals surface area contributed by atoms with Crippen LogP contribution in [0.25, 0.3) is 0 Å². The van der Waals surface area contributed by atoms with Crippen LogP contribution in [0.3, 0.4) is 0 Å². The smallest absolute Gasteiger partial charge is 0.252 e. The lowest BCUT2D eigenvalue weighted by Gasteiger charge is -2.10. The molecule has 0 fully saturated rings. The van der Waals surface area contributed by atoms with Gasteiger partial charge in [-0.15, -0.1) is 0 Å². The third-order valence-corrected chi connectivity index (χ3v) is 3.94. The molecule has 5 nitrogen and oxygen atoms in total. The zero-order chi connectivity index (χ0) is 15.4. The van der Waals surface area contributed by atoms with Crippen molar-refractivity contribution < 1.29 is 9.53 Å². The fourth-order valence-electron chi connectivity index (χ4n) is 2.06. The van der Waals surface area contributed by atoms with E-state index in [-0.39, 0.29) is 5.91 Å². The van der Waals surface area contributed by atoms with Gasteiger partial charge in [0.2, 0.25) is 0 Å². The number of ether oxygens (including phenoxy) is 1. The van der Waals surface area contributed by atoms with E-state index in [2.05, 4.69) is 26.3 Å². The second-order valence-corrected chi connectivity index (χ2v) is 5.45. The van der Waals surface area contributed by atoms with Crippen LogP contribution in [-0.4, -0.2) is 22.8 Å². The number of carbonyl (C=O) groups is 1. The molecule has 0 atom stereocenters. The summed E-state index contributed by atoms with van der Waals surface area (Å²) in [6.45, 7) is 5.06. The Bertz CT molecular complexity index is 652. The van der Waals surface area contributed by atoms with Crippen LogP contribution in [0.4, 0.5) is 0 Å². The van der Waals surface area contributed by atoms with Gasteiger partial charge in [-0.1, -0.05) is 6.07 Å². The molecule has 1 amide bonds. The summed E-state index contributed by atoms with van der Waals surface area (Å²) in [7, 11) is 1.60. The molecule has 6 heteroatoms. The first-order valence-corrected chi connectivity index (χ1v) is 7.49. The minimum atomic E-state index is -0.135. The maximum atomic E-state index is 12.3. The van der Waals surface area contributed by atoms with Gasteiger partial charge in [0.05, 0.1) is 23.8 Å². The molecule has 0 bridgehead atoms. The van der Waals surface area contributed by atoms with E-state index >= 15 is 0 Å². The normalized spacial score (nSPS) is 10.5. The Hall–Kier alpha value is -1.82. The first-order valence-electron chi connectivity index (χ1n) is 6.70. The average Bonchev–Trinajstić information content (AvgIpc) is 2.85. The van der Waals surface area contributed by atoms with E-state index < -0.39 is 0 Å². The third-order valence-electron chi connectivity index (χ3n) is 3.28. The Morgan fingerprint density at radius 3 is 2.86 bits per heavy atom. The summed E-state index contributed by atoms with van der Waals surface area (Å²) in [6, 6.07) is 5.43. The molecule has 0 aliphatic carbocycles. The van der Waals surface area contributed by atoms with Crippen molar-refractivity contribution in [1.29, 1.82) is 0 Å². The van der Waals surface area contributed by atoms with Gasteiger partial charge in [0.15, 0.2) is 0 Å². The van der Waals surface area contributed by atoms with Gasteiger partial charge in [-0.3, -0.25) is 9.48 Å². The highest BCUT2D eigenvalue weighted by Gasteiger charge is 2.13. The van der Waals surface area contributed by atoms with Crippen LogP contribution in [0.1, 0.15) is 28.5 Å². The monoisotopic (exact) mass is 351 g/mol. The number of methoxy groups -OCH3 is 1. The highest BCUT2D eigenvalue weighted by molar-refractivity contribution is 9.10. The number of nitrogens with one attached hydrogen (secondary N) is 1. The SMILES string of the molecule is CCn1cc(Br)c(CNC(=O)c2cccc(OC)c2C)n1. The Balaban J connectivity index is 2.10. The van der Waals surface area contributed by atoms with Crippen molar-refractivity contribution >= 4 is 21.8 Å². The Kier molecular flexibility index (Phi) is 5.01. The fourth-order valence-corrected chi connectivity index (χ4v) is 2.52. The second kappa shape index (κ2) is 6.76. The van der Waals surface area contributed by atoms with Crippen molar-refractivity contribution in [2.75, 3.05) is 7.11 Å². The van der Waals surface area contributed by atoms with Crippen molar-refractivity contribution in [3.63, 3.8) is 0 Å². The number of carbonyl (C=O) groups excluding carboxylic acids is 1. The molecule has 0 radical (unpaired) electrons. The number of amides is 1. The van der Waals surface area contributed by atoms with Crippen LogP contribution in [0.2, 0.25) is 0 Å². The number of aromatic nitrogens is 2. The highest BCUT2D eigenvalue weighted by atomic mass is 79.9. The zero-order valence-electron chi connectivity index (χ0n) is 12.3. The molecule has 2 aromatic rings. The highest BCUT2D eigenvalue weighted by Crippen LogP contribution is 2.21. The summed E-state index contributed by atoms with van der Waals surface area (Å²) in [4.78, 5) is 12.3. The topological polar surface area (TPSA) is 56.2 Å². The van der Waals surface area contributed by atoms with E-state index in [1.807, 2.05) is 36.9 Å². The molecule has 0 aliphatic rings. The standard InChI is InChI=1S/C15H18BrN3O2/c1-4-19-9-12(16)13(18-19)8-17-15(20)11-6-5-7-14(21-3)10(11)2/h5-7,9H,4,8H2,1-3H3,(H,17,20). The molecule has 1 heterocycles. The van der Waals surface area contributed by atoms with Gasteiger partial charge in [-0.2, -0.15) is 5.10 Å². The molecule has 0 aliphatic heterocycles. The molecule has 2 rings (SSSR count). The number of hydrogen-bond donors (Lipinski definition) is 1. The molecule has 0 saturated carbocycles. The zero-order valence-corrected chi connectivity index (χ0v) is 13.9. The maximum Gasteiger partial charge on any atom is 0.252 e. The minimum absolute atomic E-state index is 0.135. The molecule has 0 spiro atoms. The lowest BCUT2D eigenvalue weighted by Crippen LogP contribution is -2.24. The number of benzene rings is 1. The first kappa shape index (κ1) is 15.6. The van der Waals surface area contributed by atoms with E-state index in [0.29, 0.717) is 17.9 Å². The molecular formula is C15H18BrN3O2. The summed E-state index contributed by atoms with van der Waals surface area (Å²) in [6.07, 6.45) is 1.90. The molecule has 1 aromatic heterocycles. The number of aryl methyl sites for hydroxylation is 1. The summed E-state index contributed by atoms with van der Waals surface area (Å²) >= 11 is 3.45.